The van der Waals surface area contributed by atoms with E-state index in [1.807, 2.05) is 6.08 Å². The fraction of sp³-hybridized carbons (Fsp3) is 0.828. The van der Waals surface area contributed by atoms with Crippen LogP contribution in [-0.4, -0.2) is 99.6 Å². The largest absolute Gasteiger partial charge is 0.454 e. The van der Waals surface area contributed by atoms with Crippen LogP contribution in [0.3, 0.4) is 0 Å². The second-order valence-electron chi connectivity index (χ2n) is 19.7. The molecule has 69 heavy (non-hydrogen) atoms. The number of rotatable bonds is 47. The van der Waals surface area contributed by atoms with Crippen LogP contribution in [0.1, 0.15) is 245 Å². The fourth-order valence-electron chi connectivity index (χ4n) is 8.60. The monoisotopic (exact) mass is 976 g/mol. The number of carbonyl (C=O) groups excluding carboxylic acids is 2. The summed E-state index contributed by atoms with van der Waals surface area (Å²) < 4.78 is 17.5. The SMILES string of the molecule is CCCC/C=C\CCCCCCC(O)C(=O)NC(COC1OC(CO)C(O)C(O)C1OC(=O)CCCCCCCCCCC/C=C\C/C=C\CCCCC)C(O)/C=C/CCCCCCCCCCC. The number of aliphatic hydroxyl groups excluding tert-OH is 5. The minimum Gasteiger partial charge on any atom is -0.454 e. The van der Waals surface area contributed by atoms with Gasteiger partial charge in [0.25, 0.3) is 0 Å². The van der Waals surface area contributed by atoms with Crippen molar-refractivity contribution >= 4 is 11.9 Å². The van der Waals surface area contributed by atoms with Gasteiger partial charge in [-0.15, -0.1) is 0 Å². The topological polar surface area (TPSA) is 175 Å². The van der Waals surface area contributed by atoms with Gasteiger partial charge in [-0.3, -0.25) is 9.59 Å². The fourth-order valence-corrected chi connectivity index (χ4v) is 8.60. The summed E-state index contributed by atoms with van der Waals surface area (Å²) in [6.45, 7) is 5.69. The number of nitrogens with one attached hydrogen (secondary N) is 1. The van der Waals surface area contributed by atoms with Crippen molar-refractivity contribution in [3.05, 3.63) is 48.6 Å². The maximum atomic E-state index is 13.3. The second-order valence-corrected chi connectivity index (χ2v) is 19.7. The molecule has 0 aliphatic carbocycles. The van der Waals surface area contributed by atoms with Gasteiger partial charge in [0.05, 0.1) is 25.4 Å². The Hall–Kier alpha value is -2.38. The molecule has 0 aromatic rings. The van der Waals surface area contributed by atoms with Gasteiger partial charge in [0.15, 0.2) is 12.4 Å². The molecule has 0 saturated carbocycles. The maximum Gasteiger partial charge on any atom is 0.306 e. The summed E-state index contributed by atoms with van der Waals surface area (Å²) in [6, 6.07) is -1.03. The van der Waals surface area contributed by atoms with E-state index in [0.717, 1.165) is 83.5 Å². The Morgan fingerprint density at radius 3 is 1.57 bits per heavy atom. The average molecular weight is 976 g/mol. The first-order chi connectivity index (χ1) is 33.7. The van der Waals surface area contributed by atoms with Crippen LogP contribution in [0, 0.1) is 0 Å². The number of unbranched alkanes of at least 4 members (excludes halogenated alkanes) is 27. The van der Waals surface area contributed by atoms with Crippen LogP contribution in [-0.2, 0) is 23.8 Å². The van der Waals surface area contributed by atoms with Crippen molar-refractivity contribution in [2.45, 2.75) is 294 Å². The van der Waals surface area contributed by atoms with Gasteiger partial charge in [-0.05, 0) is 77.0 Å². The highest BCUT2D eigenvalue weighted by atomic mass is 16.7. The van der Waals surface area contributed by atoms with Crippen molar-refractivity contribution < 1.29 is 49.3 Å². The molecule has 402 valence electrons. The van der Waals surface area contributed by atoms with E-state index in [2.05, 4.69) is 62.5 Å². The number of esters is 1. The minimum atomic E-state index is -1.61. The molecule has 1 rings (SSSR count). The van der Waals surface area contributed by atoms with Gasteiger partial charge in [-0.2, -0.15) is 0 Å². The van der Waals surface area contributed by atoms with Gasteiger partial charge in [0.1, 0.15) is 24.4 Å². The molecule has 0 bridgehead atoms. The molecule has 1 saturated heterocycles. The predicted octanol–water partition coefficient (Wildman–Crippen LogP) is 12.5. The zero-order valence-electron chi connectivity index (χ0n) is 44.2. The summed E-state index contributed by atoms with van der Waals surface area (Å²) >= 11 is 0. The molecule has 1 amide bonds. The Labute approximate surface area is 421 Å². The van der Waals surface area contributed by atoms with E-state index in [4.69, 9.17) is 14.2 Å². The van der Waals surface area contributed by atoms with E-state index in [1.165, 1.54) is 116 Å². The molecule has 0 radical (unpaired) electrons. The normalized spacial score (nSPS) is 20.1. The average Bonchev–Trinajstić information content (AvgIpc) is 3.34. The van der Waals surface area contributed by atoms with E-state index in [0.29, 0.717) is 12.8 Å². The van der Waals surface area contributed by atoms with Crippen LogP contribution < -0.4 is 5.32 Å². The number of allylic oxidation sites excluding steroid dienone is 7. The zero-order chi connectivity index (χ0) is 50.4. The number of carbonyl (C=O) groups is 2. The molecule has 0 aromatic carbocycles. The van der Waals surface area contributed by atoms with Crippen molar-refractivity contribution in [2.24, 2.45) is 0 Å². The summed E-state index contributed by atoms with van der Waals surface area (Å²) in [5.74, 6) is -1.21. The Kier molecular flexibility index (Phi) is 43.7. The quantitative estimate of drug-likeness (QED) is 0.0196. The van der Waals surface area contributed by atoms with Crippen LogP contribution in [0.15, 0.2) is 48.6 Å². The number of hydrogen-bond acceptors (Lipinski definition) is 10. The highest BCUT2D eigenvalue weighted by Crippen LogP contribution is 2.26. The Balaban J connectivity index is 2.68. The first-order valence-electron chi connectivity index (χ1n) is 28.4. The molecular formula is C58H105NO10. The zero-order valence-corrected chi connectivity index (χ0v) is 44.2. The van der Waals surface area contributed by atoms with Crippen molar-refractivity contribution in [3.8, 4) is 0 Å². The Morgan fingerprint density at radius 2 is 1.01 bits per heavy atom. The van der Waals surface area contributed by atoms with Crippen molar-refractivity contribution in [3.63, 3.8) is 0 Å². The summed E-state index contributed by atoms with van der Waals surface area (Å²) in [5.41, 5.74) is 0. The molecule has 8 atom stereocenters. The van der Waals surface area contributed by atoms with Crippen LogP contribution in [0.25, 0.3) is 0 Å². The van der Waals surface area contributed by atoms with Crippen LogP contribution >= 0.6 is 0 Å². The Morgan fingerprint density at radius 1 is 0.565 bits per heavy atom. The second kappa shape index (κ2) is 46.7. The van der Waals surface area contributed by atoms with Crippen LogP contribution in [0.2, 0.25) is 0 Å². The highest BCUT2D eigenvalue weighted by Gasteiger charge is 2.47. The highest BCUT2D eigenvalue weighted by molar-refractivity contribution is 5.80. The van der Waals surface area contributed by atoms with E-state index < -0.39 is 67.4 Å². The Bertz CT molecular complexity index is 1300. The molecule has 0 aromatic heterocycles. The van der Waals surface area contributed by atoms with Crippen molar-refractivity contribution in [1.82, 2.24) is 5.32 Å². The molecule has 11 nitrogen and oxygen atoms in total. The predicted molar refractivity (Wildman–Crippen MR) is 283 cm³/mol. The standard InChI is InChI=1S/C58H105NO10/c1-4-7-10-13-16-19-22-23-24-25-26-27-28-29-31-34-37-40-43-46-53(63)69-56-55(65)54(64)52(47-60)68-58(56)67-48-49(50(61)44-41-38-35-33-30-20-17-14-11-8-5-2)59-57(66)51(62)45-42-39-36-32-21-18-15-12-9-6-3/h15-16,18-19,23-24,41,44,49-52,54-56,58,60-62,64-65H,4-14,17,20-22,25-40,42-43,45-48H2,1-3H3,(H,59,66)/b18-15-,19-16-,24-23-,44-41+. The molecule has 8 unspecified atom stereocenters. The molecule has 1 heterocycles. The number of amides is 1. The molecule has 6 N–H and O–H groups in total. The third-order valence-corrected chi connectivity index (χ3v) is 13.2. The molecule has 1 aliphatic heterocycles. The third kappa shape index (κ3) is 35.4. The lowest BCUT2D eigenvalue weighted by Crippen LogP contribution is -2.61. The number of hydrogen-bond donors (Lipinski definition) is 6. The number of aliphatic hydroxyl groups is 5. The van der Waals surface area contributed by atoms with Crippen LogP contribution in [0.4, 0.5) is 0 Å². The summed E-state index contributed by atoms with van der Waals surface area (Å²) in [6.07, 6.45) is 44.5. The number of ether oxygens (including phenoxy) is 3. The van der Waals surface area contributed by atoms with Crippen LogP contribution in [0.5, 0.6) is 0 Å². The summed E-state index contributed by atoms with van der Waals surface area (Å²) in [5, 5.41) is 56.6. The smallest absolute Gasteiger partial charge is 0.306 e. The molecule has 0 spiro atoms. The first kappa shape index (κ1) is 64.6. The molecule has 1 aliphatic rings. The minimum absolute atomic E-state index is 0.118. The molecular weight excluding hydrogens is 871 g/mol. The maximum absolute atomic E-state index is 13.3. The molecule has 11 heteroatoms. The first-order valence-corrected chi connectivity index (χ1v) is 28.4. The van der Waals surface area contributed by atoms with Gasteiger partial charge >= 0.3 is 5.97 Å². The van der Waals surface area contributed by atoms with Gasteiger partial charge in [-0.1, -0.05) is 211 Å². The van der Waals surface area contributed by atoms with E-state index in [-0.39, 0.29) is 19.4 Å². The lowest BCUT2D eigenvalue weighted by Gasteiger charge is -2.41. The van der Waals surface area contributed by atoms with Gasteiger partial charge in [-0.25, -0.2) is 0 Å². The third-order valence-electron chi connectivity index (χ3n) is 13.2. The van der Waals surface area contributed by atoms with Gasteiger partial charge in [0, 0.05) is 6.42 Å². The van der Waals surface area contributed by atoms with Crippen molar-refractivity contribution in [2.75, 3.05) is 13.2 Å². The van der Waals surface area contributed by atoms with E-state index in [1.54, 1.807) is 6.08 Å². The molecule has 1 fully saturated rings. The summed E-state index contributed by atoms with van der Waals surface area (Å²) in [4.78, 5) is 26.4. The van der Waals surface area contributed by atoms with E-state index in [9.17, 15) is 35.1 Å². The lowest BCUT2D eigenvalue weighted by molar-refractivity contribution is -0.305. The van der Waals surface area contributed by atoms with Gasteiger partial charge < -0.3 is 45.1 Å². The lowest BCUT2D eigenvalue weighted by atomic mass is 9.99. The van der Waals surface area contributed by atoms with Gasteiger partial charge in [0.2, 0.25) is 5.91 Å². The van der Waals surface area contributed by atoms with E-state index >= 15 is 0 Å². The van der Waals surface area contributed by atoms with Crippen molar-refractivity contribution in [1.29, 1.82) is 0 Å². The summed E-state index contributed by atoms with van der Waals surface area (Å²) in [7, 11) is 0.